The molecular formula is C11H8N2O2. The molecule has 1 N–H and O–H groups in total. The summed E-state index contributed by atoms with van der Waals surface area (Å²) >= 11 is 0. The number of rotatable bonds is 2. The summed E-state index contributed by atoms with van der Waals surface area (Å²) in [6, 6.07) is 6.91. The molecule has 0 fully saturated rings. The molecule has 0 saturated heterocycles. The van der Waals surface area contributed by atoms with E-state index >= 15 is 0 Å². The number of aromatic carboxylic acids is 1. The van der Waals surface area contributed by atoms with Crippen molar-refractivity contribution in [2.24, 2.45) is 0 Å². The molecule has 0 aliphatic rings. The van der Waals surface area contributed by atoms with Crippen molar-refractivity contribution in [2.75, 3.05) is 0 Å². The van der Waals surface area contributed by atoms with Crippen molar-refractivity contribution in [3.05, 3.63) is 48.5 Å². The highest BCUT2D eigenvalue weighted by Gasteiger charge is 2.04. The van der Waals surface area contributed by atoms with E-state index < -0.39 is 5.97 Å². The van der Waals surface area contributed by atoms with Gasteiger partial charge in [0, 0.05) is 29.7 Å². The number of carboxylic acids is 1. The Morgan fingerprint density at radius 3 is 2.47 bits per heavy atom. The van der Waals surface area contributed by atoms with Gasteiger partial charge >= 0.3 is 5.97 Å². The van der Waals surface area contributed by atoms with Crippen LogP contribution in [0.2, 0.25) is 0 Å². The quantitative estimate of drug-likeness (QED) is 0.803. The summed E-state index contributed by atoms with van der Waals surface area (Å²) in [4.78, 5) is 18.4. The molecule has 0 radical (unpaired) electrons. The first kappa shape index (κ1) is 9.33. The lowest BCUT2D eigenvalue weighted by Gasteiger charge is -1.99. The van der Waals surface area contributed by atoms with Crippen molar-refractivity contribution in [1.29, 1.82) is 0 Å². The number of hydrogen-bond acceptors (Lipinski definition) is 3. The second-order valence-corrected chi connectivity index (χ2v) is 2.98. The standard InChI is InChI=1S/C11H8N2O2/c14-11(15)10-4-3-9(7-13-10)8-2-1-5-12-6-8/h1-7H,(H,14,15). The van der Waals surface area contributed by atoms with Crippen molar-refractivity contribution in [2.45, 2.75) is 0 Å². The normalized spacial score (nSPS) is 9.87. The van der Waals surface area contributed by atoms with E-state index in [1.54, 1.807) is 18.5 Å². The van der Waals surface area contributed by atoms with Gasteiger partial charge in [-0.1, -0.05) is 12.1 Å². The number of carbonyl (C=O) groups is 1. The van der Waals surface area contributed by atoms with E-state index in [9.17, 15) is 4.79 Å². The van der Waals surface area contributed by atoms with E-state index in [0.717, 1.165) is 11.1 Å². The average molecular weight is 200 g/mol. The minimum atomic E-state index is -1.02. The van der Waals surface area contributed by atoms with Gasteiger partial charge in [-0.25, -0.2) is 9.78 Å². The predicted octanol–water partition coefficient (Wildman–Crippen LogP) is 1.84. The van der Waals surface area contributed by atoms with Crippen LogP contribution < -0.4 is 0 Å². The van der Waals surface area contributed by atoms with Gasteiger partial charge in [0.15, 0.2) is 0 Å². The molecule has 0 spiro atoms. The van der Waals surface area contributed by atoms with Crippen LogP contribution in [0.4, 0.5) is 0 Å². The molecule has 2 heterocycles. The fourth-order valence-corrected chi connectivity index (χ4v) is 1.22. The molecule has 4 heteroatoms. The van der Waals surface area contributed by atoms with Crippen LogP contribution in [0.25, 0.3) is 11.1 Å². The molecule has 2 aromatic rings. The van der Waals surface area contributed by atoms with Gasteiger partial charge in [-0.15, -0.1) is 0 Å². The third-order valence-corrected chi connectivity index (χ3v) is 1.98. The predicted molar refractivity (Wildman–Crippen MR) is 54.4 cm³/mol. The molecule has 0 aliphatic carbocycles. The first-order valence-electron chi connectivity index (χ1n) is 4.37. The first-order valence-corrected chi connectivity index (χ1v) is 4.37. The summed E-state index contributed by atoms with van der Waals surface area (Å²) in [5.41, 5.74) is 1.82. The maximum Gasteiger partial charge on any atom is 0.354 e. The number of hydrogen-bond donors (Lipinski definition) is 1. The fourth-order valence-electron chi connectivity index (χ4n) is 1.22. The van der Waals surface area contributed by atoms with Gasteiger partial charge in [0.25, 0.3) is 0 Å². The third kappa shape index (κ3) is 1.99. The van der Waals surface area contributed by atoms with Crippen molar-refractivity contribution < 1.29 is 9.90 Å². The lowest BCUT2D eigenvalue weighted by molar-refractivity contribution is 0.0690. The third-order valence-electron chi connectivity index (χ3n) is 1.98. The highest BCUT2D eigenvalue weighted by molar-refractivity contribution is 5.85. The molecule has 74 valence electrons. The zero-order valence-electron chi connectivity index (χ0n) is 7.79. The van der Waals surface area contributed by atoms with Gasteiger partial charge in [0.2, 0.25) is 0 Å². The van der Waals surface area contributed by atoms with Gasteiger partial charge in [0.05, 0.1) is 0 Å². The minimum Gasteiger partial charge on any atom is -0.477 e. The lowest BCUT2D eigenvalue weighted by atomic mass is 10.1. The van der Waals surface area contributed by atoms with Crippen LogP contribution in [0.15, 0.2) is 42.9 Å². The van der Waals surface area contributed by atoms with E-state index in [0.29, 0.717) is 0 Å². The zero-order chi connectivity index (χ0) is 10.7. The number of pyridine rings is 2. The van der Waals surface area contributed by atoms with Crippen molar-refractivity contribution in [1.82, 2.24) is 9.97 Å². The molecule has 0 aromatic carbocycles. The molecule has 4 nitrogen and oxygen atoms in total. The van der Waals surface area contributed by atoms with E-state index in [2.05, 4.69) is 9.97 Å². The van der Waals surface area contributed by atoms with Gasteiger partial charge in [0.1, 0.15) is 5.69 Å². The van der Waals surface area contributed by atoms with Crippen LogP contribution in [0.3, 0.4) is 0 Å². The average Bonchev–Trinajstić information content (AvgIpc) is 2.30. The van der Waals surface area contributed by atoms with Crippen LogP contribution in [-0.4, -0.2) is 21.0 Å². The Morgan fingerprint density at radius 1 is 1.13 bits per heavy atom. The van der Waals surface area contributed by atoms with Crippen LogP contribution in [0.1, 0.15) is 10.5 Å². The Hall–Kier alpha value is -2.23. The first-order chi connectivity index (χ1) is 7.27. The zero-order valence-corrected chi connectivity index (χ0v) is 7.79. The van der Waals surface area contributed by atoms with Crippen LogP contribution in [-0.2, 0) is 0 Å². The van der Waals surface area contributed by atoms with E-state index in [1.807, 2.05) is 12.1 Å². The second kappa shape index (κ2) is 3.88. The monoisotopic (exact) mass is 200 g/mol. The summed E-state index contributed by atoms with van der Waals surface area (Å²) in [5.74, 6) is -1.02. The van der Waals surface area contributed by atoms with E-state index in [1.165, 1.54) is 12.3 Å². The van der Waals surface area contributed by atoms with Crippen molar-refractivity contribution >= 4 is 5.97 Å². The van der Waals surface area contributed by atoms with Gasteiger partial charge in [-0.2, -0.15) is 0 Å². The maximum atomic E-state index is 10.6. The lowest BCUT2D eigenvalue weighted by Crippen LogP contribution is -1.99. The van der Waals surface area contributed by atoms with Gasteiger partial charge in [-0.05, 0) is 12.1 Å². The summed E-state index contributed by atoms with van der Waals surface area (Å²) in [6.45, 7) is 0. The van der Waals surface area contributed by atoms with Gasteiger partial charge in [-0.3, -0.25) is 4.98 Å². The van der Waals surface area contributed by atoms with Crippen molar-refractivity contribution in [3.8, 4) is 11.1 Å². The number of aromatic nitrogens is 2. The molecule has 0 amide bonds. The molecule has 0 bridgehead atoms. The summed E-state index contributed by atoms with van der Waals surface area (Å²) in [5, 5.41) is 8.67. The molecule has 2 rings (SSSR count). The molecule has 0 atom stereocenters. The smallest absolute Gasteiger partial charge is 0.354 e. The Morgan fingerprint density at radius 2 is 1.93 bits per heavy atom. The highest BCUT2D eigenvalue weighted by atomic mass is 16.4. The topological polar surface area (TPSA) is 63.1 Å². The van der Waals surface area contributed by atoms with E-state index in [4.69, 9.17) is 5.11 Å². The molecule has 0 saturated carbocycles. The Labute approximate surface area is 86.2 Å². The van der Waals surface area contributed by atoms with Crippen molar-refractivity contribution in [3.63, 3.8) is 0 Å². The number of nitrogens with zero attached hydrogens (tertiary/aromatic N) is 2. The summed E-state index contributed by atoms with van der Waals surface area (Å²) in [6.07, 6.45) is 4.92. The van der Waals surface area contributed by atoms with E-state index in [-0.39, 0.29) is 5.69 Å². The largest absolute Gasteiger partial charge is 0.477 e. The fraction of sp³-hybridized carbons (Fsp3) is 0. The van der Waals surface area contributed by atoms with Crippen LogP contribution >= 0.6 is 0 Å². The molecule has 0 aliphatic heterocycles. The molecule has 15 heavy (non-hydrogen) atoms. The van der Waals surface area contributed by atoms with Crippen LogP contribution in [0, 0.1) is 0 Å². The molecule has 0 unspecified atom stereocenters. The second-order valence-electron chi connectivity index (χ2n) is 2.98. The Bertz CT molecular complexity index is 466. The van der Waals surface area contributed by atoms with Gasteiger partial charge < -0.3 is 5.11 Å². The summed E-state index contributed by atoms with van der Waals surface area (Å²) in [7, 11) is 0. The molecule has 2 aromatic heterocycles. The molecular weight excluding hydrogens is 192 g/mol. The Balaban J connectivity index is 2.36. The number of carboxylic acid groups (broad SMARTS) is 1. The highest BCUT2D eigenvalue weighted by Crippen LogP contribution is 2.16. The Kier molecular flexibility index (Phi) is 2.41. The SMILES string of the molecule is O=C(O)c1ccc(-c2cccnc2)cn1. The summed E-state index contributed by atoms with van der Waals surface area (Å²) < 4.78 is 0. The minimum absolute atomic E-state index is 0.0441. The maximum absolute atomic E-state index is 10.6. The van der Waals surface area contributed by atoms with Crippen LogP contribution in [0.5, 0.6) is 0 Å².